The van der Waals surface area contributed by atoms with E-state index in [0.717, 1.165) is 4.68 Å². The monoisotopic (exact) mass is 503 g/mol. The molecule has 9 heteroatoms. The molecule has 2 aromatic heterocycles. The van der Waals surface area contributed by atoms with Crippen molar-refractivity contribution in [2.45, 2.75) is 0 Å². The molecular weight excluding hydrogens is 489 g/mol. The van der Waals surface area contributed by atoms with Crippen LogP contribution >= 0.6 is 23.2 Å². The smallest absolute Gasteiger partial charge is 0.379 e. The Morgan fingerprint density at radius 2 is 1.80 bits per heavy atom. The summed E-state index contributed by atoms with van der Waals surface area (Å²) in [5.74, 6) is -0.123. The Hall–Kier alpha value is -4.20. The molecule has 0 saturated heterocycles. The van der Waals surface area contributed by atoms with E-state index in [0.29, 0.717) is 32.1 Å². The number of esters is 1. The Bertz CT molecular complexity index is 1640. The molecule has 5 aromatic rings. The molecule has 0 fully saturated rings. The van der Waals surface area contributed by atoms with Gasteiger partial charge in [0.05, 0.1) is 28.4 Å². The van der Waals surface area contributed by atoms with Gasteiger partial charge in [-0.05, 0) is 54.6 Å². The lowest BCUT2D eigenvalue weighted by Crippen LogP contribution is -2.20. The van der Waals surface area contributed by atoms with Crippen LogP contribution in [0, 0.1) is 0 Å². The van der Waals surface area contributed by atoms with Gasteiger partial charge in [-0.15, -0.1) is 0 Å². The summed E-state index contributed by atoms with van der Waals surface area (Å²) in [6, 6.07) is 21.7. The summed E-state index contributed by atoms with van der Waals surface area (Å²) in [7, 11) is 0. The molecule has 3 aromatic carbocycles. The number of halogens is 2. The van der Waals surface area contributed by atoms with E-state index in [1.807, 2.05) is 0 Å². The second-order valence-electron chi connectivity index (χ2n) is 7.34. The van der Waals surface area contributed by atoms with Crippen molar-refractivity contribution < 1.29 is 13.9 Å². The first kappa shape index (κ1) is 22.6. The fraction of sp³-hybridized carbons (Fsp3) is 0. The van der Waals surface area contributed by atoms with Crippen molar-refractivity contribution >= 4 is 46.3 Å². The Labute approximate surface area is 208 Å². The van der Waals surface area contributed by atoms with Crippen molar-refractivity contribution in [3.05, 3.63) is 117 Å². The third-order valence-corrected chi connectivity index (χ3v) is 5.63. The quantitative estimate of drug-likeness (QED) is 0.165. The van der Waals surface area contributed by atoms with Crippen LogP contribution in [0.25, 0.3) is 22.3 Å². The summed E-state index contributed by atoms with van der Waals surface area (Å²) in [4.78, 5) is 30.4. The number of aromatic nitrogens is 2. The van der Waals surface area contributed by atoms with Crippen molar-refractivity contribution in [3.63, 3.8) is 0 Å². The zero-order valence-electron chi connectivity index (χ0n) is 17.9. The van der Waals surface area contributed by atoms with Crippen LogP contribution in [0.5, 0.6) is 5.75 Å². The summed E-state index contributed by atoms with van der Waals surface area (Å²) in [6.07, 6.45) is 2.79. The zero-order chi connectivity index (χ0) is 24.4. The van der Waals surface area contributed by atoms with Crippen LogP contribution in [0.1, 0.15) is 16.1 Å². The van der Waals surface area contributed by atoms with Crippen molar-refractivity contribution in [3.8, 4) is 17.1 Å². The van der Waals surface area contributed by atoms with Crippen LogP contribution in [0.15, 0.2) is 99.4 Å². The van der Waals surface area contributed by atoms with Gasteiger partial charge in [0, 0.05) is 16.1 Å². The van der Waals surface area contributed by atoms with E-state index in [2.05, 4.69) is 10.1 Å². The maximum Gasteiger partial charge on any atom is 0.379 e. The predicted octanol–water partition coefficient (Wildman–Crippen LogP) is 6.06. The van der Waals surface area contributed by atoms with Gasteiger partial charge in [0.2, 0.25) is 5.76 Å². The maximum atomic E-state index is 13.4. The Morgan fingerprint density at radius 1 is 1.00 bits per heavy atom. The minimum Gasteiger partial charge on any atom is -0.457 e. The summed E-state index contributed by atoms with van der Waals surface area (Å²) >= 11 is 12.5. The van der Waals surface area contributed by atoms with Crippen LogP contribution < -0.4 is 10.3 Å². The number of fused-ring (bicyclic) bond motifs is 1. The van der Waals surface area contributed by atoms with E-state index < -0.39 is 11.5 Å². The minimum atomic E-state index is -0.658. The van der Waals surface area contributed by atoms with E-state index in [1.54, 1.807) is 72.8 Å². The number of hydrogen-bond donors (Lipinski definition) is 0. The number of ether oxygens (including phenoxy) is 1. The second-order valence-corrected chi connectivity index (χ2v) is 8.19. The SMILES string of the molecule is O=C(Oc1ccccc1C=Nn1c(-c2ccc(Cl)cc2Cl)nc2ccccc2c1=O)c1ccco1. The first-order valence-electron chi connectivity index (χ1n) is 10.4. The summed E-state index contributed by atoms with van der Waals surface area (Å²) < 4.78 is 11.7. The van der Waals surface area contributed by atoms with E-state index in [9.17, 15) is 9.59 Å². The van der Waals surface area contributed by atoms with Gasteiger partial charge < -0.3 is 9.15 Å². The molecule has 0 aliphatic rings. The van der Waals surface area contributed by atoms with Gasteiger partial charge in [0.1, 0.15) is 5.75 Å². The molecule has 0 spiro atoms. The molecule has 5 rings (SSSR count). The first-order chi connectivity index (χ1) is 17.0. The molecule has 0 bridgehead atoms. The molecule has 0 atom stereocenters. The van der Waals surface area contributed by atoms with Gasteiger partial charge in [0.15, 0.2) is 5.82 Å². The first-order valence-corrected chi connectivity index (χ1v) is 11.1. The number of benzene rings is 3. The number of rotatable bonds is 5. The summed E-state index contributed by atoms with van der Waals surface area (Å²) in [5, 5.41) is 5.56. The average Bonchev–Trinajstić information content (AvgIpc) is 3.40. The van der Waals surface area contributed by atoms with E-state index in [-0.39, 0.29) is 17.3 Å². The van der Waals surface area contributed by atoms with E-state index in [4.69, 9.17) is 32.4 Å². The second kappa shape index (κ2) is 9.58. The van der Waals surface area contributed by atoms with Gasteiger partial charge in [-0.1, -0.05) is 47.5 Å². The lowest BCUT2D eigenvalue weighted by Gasteiger charge is -2.11. The average molecular weight is 504 g/mol. The summed E-state index contributed by atoms with van der Waals surface area (Å²) in [5.41, 5.74) is 1.05. The Morgan fingerprint density at radius 3 is 2.60 bits per heavy atom. The van der Waals surface area contributed by atoms with Gasteiger partial charge in [-0.3, -0.25) is 4.79 Å². The van der Waals surface area contributed by atoms with Gasteiger partial charge in [0.25, 0.3) is 5.56 Å². The van der Waals surface area contributed by atoms with Gasteiger partial charge >= 0.3 is 5.97 Å². The molecule has 35 heavy (non-hydrogen) atoms. The molecule has 0 saturated carbocycles. The third kappa shape index (κ3) is 4.59. The highest BCUT2D eigenvalue weighted by Crippen LogP contribution is 2.29. The lowest BCUT2D eigenvalue weighted by molar-refractivity contribution is 0.0701. The Kier molecular flexibility index (Phi) is 6.18. The molecular formula is C26H15Cl2N3O4. The number of carbonyl (C=O) groups excluding carboxylic acids is 1. The van der Waals surface area contributed by atoms with Crippen molar-refractivity contribution in [1.29, 1.82) is 0 Å². The molecule has 0 radical (unpaired) electrons. The topological polar surface area (TPSA) is 86.7 Å². The highest BCUT2D eigenvalue weighted by molar-refractivity contribution is 6.36. The number of para-hydroxylation sites is 2. The van der Waals surface area contributed by atoms with Gasteiger partial charge in [-0.25, -0.2) is 9.78 Å². The van der Waals surface area contributed by atoms with E-state index in [1.165, 1.54) is 18.5 Å². The normalized spacial score (nSPS) is 11.3. The largest absolute Gasteiger partial charge is 0.457 e. The molecule has 7 nitrogen and oxygen atoms in total. The molecule has 172 valence electrons. The van der Waals surface area contributed by atoms with Crippen molar-refractivity contribution in [2.24, 2.45) is 5.10 Å². The van der Waals surface area contributed by atoms with E-state index >= 15 is 0 Å². The van der Waals surface area contributed by atoms with Crippen molar-refractivity contribution in [1.82, 2.24) is 9.66 Å². The zero-order valence-corrected chi connectivity index (χ0v) is 19.4. The van der Waals surface area contributed by atoms with Crippen molar-refractivity contribution in [2.75, 3.05) is 0 Å². The minimum absolute atomic E-state index is 0.0614. The number of hydrogen-bond acceptors (Lipinski definition) is 6. The number of furan rings is 1. The molecule has 0 aliphatic carbocycles. The number of carbonyl (C=O) groups is 1. The molecule has 0 unspecified atom stereocenters. The highest BCUT2D eigenvalue weighted by atomic mass is 35.5. The maximum absolute atomic E-state index is 13.4. The van der Waals surface area contributed by atoms with Crippen LogP contribution in [0.4, 0.5) is 0 Å². The van der Waals surface area contributed by atoms with Crippen LogP contribution in [0.3, 0.4) is 0 Å². The number of nitrogens with zero attached hydrogens (tertiary/aromatic N) is 3. The lowest BCUT2D eigenvalue weighted by atomic mass is 10.2. The standard InChI is InChI=1S/C26H15Cl2N3O4/c27-17-11-12-18(20(28)14-17)24-30-21-8-3-2-7-19(21)25(32)31(24)29-15-16-6-1-4-9-22(16)35-26(33)23-10-5-13-34-23/h1-15H. The fourth-order valence-corrected chi connectivity index (χ4v) is 3.91. The molecule has 0 amide bonds. The Balaban J connectivity index is 1.62. The fourth-order valence-electron chi connectivity index (χ4n) is 3.42. The molecule has 0 N–H and O–H groups in total. The third-order valence-electron chi connectivity index (χ3n) is 5.08. The van der Waals surface area contributed by atoms with Gasteiger partial charge in [-0.2, -0.15) is 9.78 Å². The summed E-state index contributed by atoms with van der Waals surface area (Å²) in [6.45, 7) is 0. The van der Waals surface area contributed by atoms with Crippen LogP contribution in [-0.2, 0) is 0 Å². The predicted molar refractivity (Wildman–Crippen MR) is 135 cm³/mol. The van der Waals surface area contributed by atoms with Crippen LogP contribution in [-0.4, -0.2) is 21.8 Å². The van der Waals surface area contributed by atoms with Crippen LogP contribution in [0.2, 0.25) is 10.0 Å². The molecule has 2 heterocycles. The highest BCUT2D eigenvalue weighted by Gasteiger charge is 2.16. The molecule has 0 aliphatic heterocycles.